The first kappa shape index (κ1) is 17.9. The predicted molar refractivity (Wildman–Crippen MR) is 70.5 cm³/mol. The number of ether oxygens (including phenoxy) is 1. The summed E-state index contributed by atoms with van der Waals surface area (Å²) in [6.07, 6.45) is 5.52. The molecule has 0 unspecified atom stereocenters. The SMILES string of the molecule is CC(=O)OC(C)(C)C.CCCC(C)CCC. The molecule has 0 bridgehead atoms. The minimum Gasteiger partial charge on any atom is -0.460 e. The van der Waals surface area contributed by atoms with E-state index < -0.39 is 0 Å². The van der Waals surface area contributed by atoms with Crippen molar-refractivity contribution < 1.29 is 9.53 Å². The molecule has 0 fully saturated rings. The largest absolute Gasteiger partial charge is 0.460 e. The monoisotopic (exact) mass is 230 g/mol. The van der Waals surface area contributed by atoms with Gasteiger partial charge in [-0.2, -0.15) is 0 Å². The van der Waals surface area contributed by atoms with Crippen LogP contribution in [0.15, 0.2) is 0 Å². The minimum absolute atomic E-state index is 0.225. The summed E-state index contributed by atoms with van der Waals surface area (Å²) in [5, 5.41) is 0. The standard InChI is InChI=1S/C8H18.C6H12O2/c1-4-6-8(3)7-5-2;1-5(7)8-6(2,3)4/h8H,4-7H2,1-3H3;1-4H3. The number of hydrogen-bond donors (Lipinski definition) is 0. The van der Waals surface area contributed by atoms with Gasteiger partial charge in [0.1, 0.15) is 5.60 Å². The van der Waals surface area contributed by atoms with Crippen molar-refractivity contribution in [2.45, 2.75) is 79.8 Å². The Bertz CT molecular complexity index is 162. The van der Waals surface area contributed by atoms with E-state index >= 15 is 0 Å². The van der Waals surface area contributed by atoms with E-state index in [1.165, 1.54) is 32.6 Å². The van der Waals surface area contributed by atoms with Crippen molar-refractivity contribution in [1.29, 1.82) is 0 Å². The van der Waals surface area contributed by atoms with Crippen LogP contribution in [-0.2, 0) is 9.53 Å². The third-order valence-corrected chi connectivity index (χ3v) is 2.01. The third kappa shape index (κ3) is 19.1. The Balaban J connectivity index is 0. The highest BCUT2D eigenvalue weighted by atomic mass is 16.6. The van der Waals surface area contributed by atoms with Crippen LogP contribution in [0.1, 0.15) is 74.1 Å². The lowest BCUT2D eigenvalue weighted by atomic mass is 10.0. The first-order valence-electron chi connectivity index (χ1n) is 6.42. The number of carbonyl (C=O) groups is 1. The van der Waals surface area contributed by atoms with Crippen LogP contribution < -0.4 is 0 Å². The smallest absolute Gasteiger partial charge is 0.303 e. The molecule has 0 aromatic rings. The van der Waals surface area contributed by atoms with E-state index in [9.17, 15) is 4.79 Å². The maximum Gasteiger partial charge on any atom is 0.303 e. The fraction of sp³-hybridized carbons (Fsp3) is 0.929. The van der Waals surface area contributed by atoms with Crippen molar-refractivity contribution in [2.75, 3.05) is 0 Å². The predicted octanol–water partition coefficient (Wildman–Crippen LogP) is 4.57. The zero-order valence-electron chi connectivity index (χ0n) is 12.2. The number of esters is 1. The Morgan fingerprint density at radius 2 is 1.50 bits per heavy atom. The minimum atomic E-state index is -0.328. The first-order chi connectivity index (χ1) is 7.22. The highest BCUT2D eigenvalue weighted by Crippen LogP contribution is 2.10. The fourth-order valence-corrected chi connectivity index (χ4v) is 1.56. The average Bonchev–Trinajstić information content (AvgIpc) is 2.00. The normalized spacial score (nSPS) is 10.8. The molecular weight excluding hydrogens is 200 g/mol. The Labute approximate surface area is 102 Å². The molecule has 0 saturated carbocycles. The quantitative estimate of drug-likeness (QED) is 0.661. The third-order valence-electron chi connectivity index (χ3n) is 2.01. The van der Waals surface area contributed by atoms with Gasteiger partial charge < -0.3 is 4.74 Å². The van der Waals surface area contributed by atoms with E-state index in [-0.39, 0.29) is 11.6 Å². The molecule has 0 spiro atoms. The van der Waals surface area contributed by atoms with E-state index in [4.69, 9.17) is 4.74 Å². The van der Waals surface area contributed by atoms with Crippen LogP contribution in [0.25, 0.3) is 0 Å². The molecule has 2 nitrogen and oxygen atoms in total. The van der Waals surface area contributed by atoms with Crippen molar-refractivity contribution >= 4 is 5.97 Å². The van der Waals surface area contributed by atoms with Crippen LogP contribution >= 0.6 is 0 Å². The van der Waals surface area contributed by atoms with Crippen molar-refractivity contribution in [3.05, 3.63) is 0 Å². The number of hydrogen-bond acceptors (Lipinski definition) is 2. The molecule has 2 heteroatoms. The lowest BCUT2D eigenvalue weighted by Gasteiger charge is -2.17. The highest BCUT2D eigenvalue weighted by molar-refractivity contribution is 5.66. The Morgan fingerprint density at radius 1 is 1.12 bits per heavy atom. The zero-order chi connectivity index (χ0) is 13.2. The molecule has 0 rings (SSSR count). The second-order valence-electron chi connectivity index (χ2n) is 5.39. The van der Waals surface area contributed by atoms with Crippen molar-refractivity contribution in [3.63, 3.8) is 0 Å². The van der Waals surface area contributed by atoms with E-state index in [2.05, 4.69) is 20.8 Å². The van der Waals surface area contributed by atoms with Gasteiger partial charge in [-0.1, -0.05) is 46.5 Å². The van der Waals surface area contributed by atoms with Crippen molar-refractivity contribution in [3.8, 4) is 0 Å². The summed E-state index contributed by atoms with van der Waals surface area (Å²) in [6, 6.07) is 0. The molecule has 0 saturated heterocycles. The van der Waals surface area contributed by atoms with E-state index in [1.54, 1.807) is 0 Å². The van der Waals surface area contributed by atoms with Gasteiger partial charge in [-0.05, 0) is 26.7 Å². The number of carbonyl (C=O) groups excluding carboxylic acids is 1. The summed E-state index contributed by atoms with van der Waals surface area (Å²) in [7, 11) is 0. The molecule has 0 aliphatic carbocycles. The lowest BCUT2D eigenvalue weighted by Crippen LogP contribution is -2.21. The van der Waals surface area contributed by atoms with Gasteiger partial charge in [-0.25, -0.2) is 0 Å². The molecule has 0 aromatic heterocycles. The van der Waals surface area contributed by atoms with Crippen LogP contribution in [-0.4, -0.2) is 11.6 Å². The maximum absolute atomic E-state index is 10.2. The summed E-state index contributed by atoms with van der Waals surface area (Å²) in [5.41, 5.74) is -0.328. The second-order valence-corrected chi connectivity index (χ2v) is 5.39. The van der Waals surface area contributed by atoms with Crippen LogP contribution in [0, 0.1) is 5.92 Å². The van der Waals surface area contributed by atoms with E-state index in [1.807, 2.05) is 20.8 Å². The molecule has 0 N–H and O–H groups in total. The summed E-state index contributed by atoms with van der Waals surface area (Å²) in [5.74, 6) is 0.738. The van der Waals surface area contributed by atoms with Gasteiger partial charge in [0.05, 0.1) is 0 Å². The molecule has 0 amide bonds. The van der Waals surface area contributed by atoms with Crippen molar-refractivity contribution in [1.82, 2.24) is 0 Å². The molecular formula is C14H30O2. The van der Waals surface area contributed by atoms with Gasteiger partial charge in [0.25, 0.3) is 0 Å². The molecule has 98 valence electrons. The average molecular weight is 230 g/mol. The molecule has 16 heavy (non-hydrogen) atoms. The van der Waals surface area contributed by atoms with Crippen LogP contribution in [0.5, 0.6) is 0 Å². The maximum atomic E-state index is 10.2. The molecule has 0 radical (unpaired) electrons. The van der Waals surface area contributed by atoms with Gasteiger partial charge in [0.15, 0.2) is 0 Å². The summed E-state index contributed by atoms with van der Waals surface area (Å²) in [4.78, 5) is 10.2. The summed E-state index contributed by atoms with van der Waals surface area (Å²) >= 11 is 0. The second kappa shape index (κ2) is 9.68. The van der Waals surface area contributed by atoms with Gasteiger partial charge in [-0.15, -0.1) is 0 Å². The Hall–Kier alpha value is -0.530. The first-order valence-corrected chi connectivity index (χ1v) is 6.42. The van der Waals surface area contributed by atoms with Gasteiger partial charge >= 0.3 is 5.97 Å². The van der Waals surface area contributed by atoms with Crippen molar-refractivity contribution in [2.24, 2.45) is 5.92 Å². The van der Waals surface area contributed by atoms with Crippen LogP contribution in [0.4, 0.5) is 0 Å². The molecule has 0 atom stereocenters. The fourth-order valence-electron chi connectivity index (χ4n) is 1.56. The molecule has 0 aromatic carbocycles. The number of rotatable bonds is 4. The van der Waals surface area contributed by atoms with Gasteiger partial charge in [0.2, 0.25) is 0 Å². The Morgan fingerprint density at radius 3 is 1.62 bits per heavy atom. The zero-order valence-corrected chi connectivity index (χ0v) is 12.2. The van der Waals surface area contributed by atoms with Gasteiger partial charge in [-0.3, -0.25) is 4.79 Å². The van der Waals surface area contributed by atoms with Crippen LogP contribution in [0.2, 0.25) is 0 Å². The molecule has 0 aliphatic heterocycles. The molecule has 0 aliphatic rings. The summed E-state index contributed by atoms with van der Waals surface area (Å²) < 4.78 is 4.80. The summed E-state index contributed by atoms with van der Waals surface area (Å²) in [6.45, 7) is 13.8. The van der Waals surface area contributed by atoms with E-state index in [0.717, 1.165) is 5.92 Å². The molecule has 0 heterocycles. The van der Waals surface area contributed by atoms with Crippen LogP contribution in [0.3, 0.4) is 0 Å². The topological polar surface area (TPSA) is 26.3 Å². The Kier molecular flexibility index (Phi) is 10.8. The highest BCUT2D eigenvalue weighted by Gasteiger charge is 2.11. The van der Waals surface area contributed by atoms with E-state index in [0.29, 0.717) is 0 Å². The lowest BCUT2D eigenvalue weighted by molar-refractivity contribution is -0.151. The van der Waals surface area contributed by atoms with Gasteiger partial charge in [0, 0.05) is 6.92 Å².